The van der Waals surface area contributed by atoms with Gasteiger partial charge in [-0.25, -0.2) is 5.43 Å². The van der Waals surface area contributed by atoms with Crippen molar-refractivity contribution in [1.29, 1.82) is 0 Å². The Morgan fingerprint density at radius 2 is 1.81 bits per heavy atom. The minimum Gasteiger partial charge on any atom is -0.376 e. The van der Waals surface area contributed by atoms with E-state index in [0.717, 1.165) is 24.3 Å². The average molecular weight is 350 g/mol. The zero-order valence-corrected chi connectivity index (χ0v) is 15.5. The summed E-state index contributed by atoms with van der Waals surface area (Å²) >= 11 is 0. The highest BCUT2D eigenvalue weighted by atomic mass is 16.2. The maximum Gasteiger partial charge on any atom is 0.259 e. The number of hydrogen-bond acceptors (Lipinski definition) is 4. The minimum atomic E-state index is -0.173. The zero-order chi connectivity index (χ0) is 18.4. The number of carbonyl (C=O) groups is 1. The summed E-state index contributed by atoms with van der Waals surface area (Å²) in [6.07, 6.45) is 4.21. The monoisotopic (exact) mass is 350 g/mol. The molecule has 3 rings (SSSR count). The molecule has 0 saturated carbocycles. The molecule has 5 nitrogen and oxygen atoms in total. The van der Waals surface area contributed by atoms with E-state index in [1.54, 1.807) is 6.21 Å². The number of rotatable bonds is 6. The first-order valence-corrected chi connectivity index (χ1v) is 9.10. The summed E-state index contributed by atoms with van der Waals surface area (Å²) < 4.78 is 0. The first-order valence-electron chi connectivity index (χ1n) is 9.10. The summed E-state index contributed by atoms with van der Waals surface area (Å²) in [5.74, 6) is -0.173. The Morgan fingerprint density at radius 1 is 1.08 bits per heavy atom. The second kappa shape index (κ2) is 8.52. The van der Waals surface area contributed by atoms with E-state index in [-0.39, 0.29) is 12.5 Å². The summed E-state index contributed by atoms with van der Waals surface area (Å²) in [5, 5.41) is 7.14. The molecule has 2 aromatic carbocycles. The van der Waals surface area contributed by atoms with Crippen LogP contribution in [0.3, 0.4) is 0 Å². The first kappa shape index (κ1) is 18.0. The third-order valence-corrected chi connectivity index (χ3v) is 4.73. The molecule has 2 aromatic rings. The Balaban J connectivity index is 1.45. The molecule has 1 amide bonds. The number of aryl methyl sites for hydroxylation is 2. The molecule has 0 aliphatic carbocycles. The summed E-state index contributed by atoms with van der Waals surface area (Å²) in [5.41, 5.74) is 8.15. The average Bonchev–Trinajstić information content (AvgIpc) is 3.18. The fourth-order valence-electron chi connectivity index (χ4n) is 3.00. The van der Waals surface area contributed by atoms with Crippen molar-refractivity contribution in [1.82, 2.24) is 5.43 Å². The molecule has 26 heavy (non-hydrogen) atoms. The lowest BCUT2D eigenvalue weighted by Crippen LogP contribution is -2.25. The Morgan fingerprint density at radius 3 is 2.50 bits per heavy atom. The summed E-state index contributed by atoms with van der Waals surface area (Å²) in [4.78, 5) is 14.3. The minimum absolute atomic E-state index is 0.173. The number of amides is 1. The second-order valence-corrected chi connectivity index (χ2v) is 6.73. The molecule has 0 aromatic heterocycles. The number of nitrogens with zero attached hydrogens (tertiary/aromatic N) is 2. The lowest BCUT2D eigenvalue weighted by molar-refractivity contribution is -0.119. The summed E-state index contributed by atoms with van der Waals surface area (Å²) in [6, 6.07) is 14.3. The standard InChI is InChI=1S/C21H26N4O/c1-16-5-8-19(13-17(16)2)22-15-21(26)24-23-14-18-6-9-20(10-7-18)25-11-3-4-12-25/h5-10,13-14,22H,3-4,11-12,15H2,1-2H3,(H,24,26)/b23-14-. The molecule has 1 heterocycles. The number of benzene rings is 2. The van der Waals surface area contributed by atoms with Crippen LogP contribution in [0.2, 0.25) is 0 Å². The molecule has 1 aliphatic rings. The van der Waals surface area contributed by atoms with Crippen LogP contribution in [0.15, 0.2) is 47.6 Å². The highest BCUT2D eigenvalue weighted by Crippen LogP contribution is 2.19. The van der Waals surface area contributed by atoms with Gasteiger partial charge in [0.1, 0.15) is 0 Å². The summed E-state index contributed by atoms with van der Waals surface area (Å²) in [7, 11) is 0. The molecule has 0 unspecified atom stereocenters. The highest BCUT2D eigenvalue weighted by Gasteiger charge is 2.11. The van der Waals surface area contributed by atoms with Gasteiger partial charge in [0.15, 0.2) is 0 Å². The van der Waals surface area contributed by atoms with Gasteiger partial charge >= 0.3 is 0 Å². The zero-order valence-electron chi connectivity index (χ0n) is 15.5. The van der Waals surface area contributed by atoms with E-state index >= 15 is 0 Å². The van der Waals surface area contributed by atoms with E-state index in [9.17, 15) is 4.79 Å². The quantitative estimate of drug-likeness (QED) is 0.620. The molecule has 1 saturated heterocycles. The van der Waals surface area contributed by atoms with Crippen molar-refractivity contribution >= 4 is 23.5 Å². The molecule has 5 heteroatoms. The molecule has 0 atom stereocenters. The fraction of sp³-hybridized carbons (Fsp3) is 0.333. The molecular formula is C21H26N4O. The molecule has 0 spiro atoms. The van der Waals surface area contributed by atoms with Crippen molar-refractivity contribution in [3.8, 4) is 0 Å². The Hall–Kier alpha value is -2.82. The fourth-order valence-corrected chi connectivity index (χ4v) is 3.00. The second-order valence-electron chi connectivity index (χ2n) is 6.73. The van der Waals surface area contributed by atoms with Gasteiger partial charge in [-0.1, -0.05) is 18.2 Å². The molecule has 2 N–H and O–H groups in total. The van der Waals surface area contributed by atoms with E-state index in [4.69, 9.17) is 0 Å². The van der Waals surface area contributed by atoms with Gasteiger partial charge in [-0.3, -0.25) is 4.79 Å². The van der Waals surface area contributed by atoms with Crippen LogP contribution in [0.1, 0.15) is 29.5 Å². The number of carbonyl (C=O) groups excluding carboxylic acids is 1. The molecule has 0 bridgehead atoms. The maximum atomic E-state index is 11.9. The van der Waals surface area contributed by atoms with Crippen LogP contribution in [-0.4, -0.2) is 31.8 Å². The van der Waals surface area contributed by atoms with E-state index in [0.29, 0.717) is 0 Å². The van der Waals surface area contributed by atoms with Crippen LogP contribution in [0, 0.1) is 13.8 Å². The normalized spacial score (nSPS) is 14.0. The smallest absolute Gasteiger partial charge is 0.259 e. The van der Waals surface area contributed by atoms with Crippen molar-refractivity contribution in [2.75, 3.05) is 29.9 Å². The molecule has 0 radical (unpaired) electrons. The molecule has 1 fully saturated rings. The third kappa shape index (κ3) is 4.85. The van der Waals surface area contributed by atoms with Gasteiger partial charge in [0, 0.05) is 24.5 Å². The number of nitrogens with one attached hydrogen (secondary N) is 2. The van der Waals surface area contributed by atoms with Gasteiger partial charge in [0.05, 0.1) is 12.8 Å². The largest absolute Gasteiger partial charge is 0.376 e. The Bertz CT molecular complexity index is 777. The highest BCUT2D eigenvalue weighted by molar-refractivity contribution is 5.84. The van der Waals surface area contributed by atoms with Crippen molar-refractivity contribution in [2.24, 2.45) is 5.10 Å². The van der Waals surface area contributed by atoms with E-state index in [1.807, 2.05) is 30.3 Å². The van der Waals surface area contributed by atoms with Crippen LogP contribution in [0.5, 0.6) is 0 Å². The lowest BCUT2D eigenvalue weighted by atomic mass is 10.1. The Kier molecular flexibility index (Phi) is 5.89. The van der Waals surface area contributed by atoms with E-state index < -0.39 is 0 Å². The number of hydrogen-bond donors (Lipinski definition) is 2. The van der Waals surface area contributed by atoms with Crippen LogP contribution >= 0.6 is 0 Å². The molecular weight excluding hydrogens is 324 g/mol. The van der Waals surface area contributed by atoms with Crippen LogP contribution < -0.4 is 15.6 Å². The van der Waals surface area contributed by atoms with Gasteiger partial charge in [0.2, 0.25) is 0 Å². The van der Waals surface area contributed by atoms with Gasteiger partial charge in [-0.2, -0.15) is 5.10 Å². The van der Waals surface area contributed by atoms with Gasteiger partial charge in [-0.05, 0) is 67.6 Å². The topological polar surface area (TPSA) is 56.7 Å². The van der Waals surface area contributed by atoms with E-state index in [2.05, 4.69) is 46.7 Å². The van der Waals surface area contributed by atoms with Crippen molar-refractivity contribution in [2.45, 2.75) is 26.7 Å². The van der Waals surface area contributed by atoms with Gasteiger partial charge in [0.25, 0.3) is 5.91 Å². The van der Waals surface area contributed by atoms with Gasteiger partial charge in [-0.15, -0.1) is 0 Å². The van der Waals surface area contributed by atoms with Crippen molar-refractivity contribution in [3.63, 3.8) is 0 Å². The van der Waals surface area contributed by atoms with Crippen LogP contribution in [0.4, 0.5) is 11.4 Å². The predicted octanol–water partition coefficient (Wildman–Crippen LogP) is 3.47. The van der Waals surface area contributed by atoms with Crippen LogP contribution in [-0.2, 0) is 4.79 Å². The van der Waals surface area contributed by atoms with Gasteiger partial charge < -0.3 is 10.2 Å². The molecule has 1 aliphatic heterocycles. The van der Waals surface area contributed by atoms with E-state index in [1.165, 1.54) is 29.7 Å². The predicted molar refractivity (Wildman–Crippen MR) is 108 cm³/mol. The summed E-state index contributed by atoms with van der Waals surface area (Å²) in [6.45, 7) is 6.58. The first-order chi connectivity index (χ1) is 12.6. The number of hydrazone groups is 1. The maximum absolute atomic E-state index is 11.9. The van der Waals surface area contributed by atoms with Crippen molar-refractivity contribution < 1.29 is 4.79 Å². The SMILES string of the molecule is Cc1ccc(NCC(=O)N/N=C\c2ccc(N3CCCC3)cc2)cc1C. The Labute approximate surface area is 155 Å². The molecule has 136 valence electrons. The number of anilines is 2. The van der Waals surface area contributed by atoms with Crippen LogP contribution in [0.25, 0.3) is 0 Å². The lowest BCUT2D eigenvalue weighted by Gasteiger charge is -2.17. The third-order valence-electron chi connectivity index (χ3n) is 4.73. The van der Waals surface area contributed by atoms with Crippen molar-refractivity contribution in [3.05, 3.63) is 59.2 Å².